The van der Waals surface area contributed by atoms with Crippen LogP contribution in [-0.4, -0.2) is 19.2 Å². The molecule has 0 aliphatic rings. The predicted octanol–water partition coefficient (Wildman–Crippen LogP) is 1.60. The second kappa shape index (κ2) is 3.85. The number of nitrogens with zero attached hydrogens (tertiary/aromatic N) is 1. The molecule has 2 rings (SSSR count). The zero-order chi connectivity index (χ0) is 12.8. The highest BCUT2D eigenvalue weighted by molar-refractivity contribution is 7.90. The van der Waals surface area contributed by atoms with E-state index in [0.717, 1.165) is 16.5 Å². The third kappa shape index (κ3) is 2.08. The molecule has 1 aromatic heterocycles. The van der Waals surface area contributed by atoms with Crippen LogP contribution in [0.4, 0.5) is 0 Å². The Kier molecular flexibility index (Phi) is 2.75. The standard InChI is InChI=1S/C12H16N2O2S/c1-8(13)11-7-14(2)12-5-4-9(6-10(11)12)17(3,15)16/h4-8H,13H2,1-3H3. The number of hydrogen-bond donors (Lipinski definition) is 1. The van der Waals surface area contributed by atoms with Crippen LogP contribution in [0.5, 0.6) is 0 Å². The summed E-state index contributed by atoms with van der Waals surface area (Å²) in [6, 6.07) is 5.03. The molecule has 1 unspecified atom stereocenters. The highest BCUT2D eigenvalue weighted by Crippen LogP contribution is 2.27. The third-order valence-electron chi connectivity index (χ3n) is 2.91. The van der Waals surface area contributed by atoms with E-state index in [4.69, 9.17) is 5.73 Å². The minimum atomic E-state index is -3.18. The highest BCUT2D eigenvalue weighted by Gasteiger charge is 2.13. The van der Waals surface area contributed by atoms with Crippen LogP contribution < -0.4 is 5.73 Å². The Morgan fingerprint density at radius 3 is 2.53 bits per heavy atom. The lowest BCUT2D eigenvalue weighted by Crippen LogP contribution is -2.04. The van der Waals surface area contributed by atoms with E-state index in [-0.39, 0.29) is 6.04 Å². The third-order valence-corrected chi connectivity index (χ3v) is 4.02. The van der Waals surface area contributed by atoms with Crippen molar-refractivity contribution in [3.8, 4) is 0 Å². The summed E-state index contributed by atoms with van der Waals surface area (Å²) in [5, 5.41) is 0.908. The maximum absolute atomic E-state index is 11.5. The van der Waals surface area contributed by atoms with Crippen molar-refractivity contribution >= 4 is 20.7 Å². The van der Waals surface area contributed by atoms with Gasteiger partial charge < -0.3 is 10.3 Å². The molecule has 1 aromatic carbocycles. The van der Waals surface area contributed by atoms with Crippen molar-refractivity contribution in [3.05, 3.63) is 30.0 Å². The normalized spacial score (nSPS) is 14.1. The van der Waals surface area contributed by atoms with Crippen molar-refractivity contribution in [2.45, 2.75) is 17.9 Å². The minimum absolute atomic E-state index is 0.117. The van der Waals surface area contributed by atoms with Crippen LogP contribution in [-0.2, 0) is 16.9 Å². The highest BCUT2D eigenvalue weighted by atomic mass is 32.2. The van der Waals surface area contributed by atoms with Gasteiger partial charge in [0.2, 0.25) is 0 Å². The van der Waals surface area contributed by atoms with Gasteiger partial charge in [-0.25, -0.2) is 8.42 Å². The van der Waals surface area contributed by atoms with E-state index < -0.39 is 9.84 Å². The average molecular weight is 252 g/mol. The Bertz CT molecular complexity index is 669. The van der Waals surface area contributed by atoms with Gasteiger partial charge in [-0.2, -0.15) is 0 Å². The van der Waals surface area contributed by atoms with E-state index in [1.807, 2.05) is 30.8 Å². The SMILES string of the molecule is CC(N)c1cn(C)c2ccc(S(C)(=O)=O)cc12. The molecule has 0 radical (unpaired) electrons. The van der Waals surface area contributed by atoms with Crippen LogP contribution in [0.1, 0.15) is 18.5 Å². The minimum Gasteiger partial charge on any atom is -0.350 e. The molecule has 0 aliphatic heterocycles. The smallest absolute Gasteiger partial charge is 0.175 e. The van der Waals surface area contributed by atoms with E-state index in [9.17, 15) is 8.42 Å². The molecular weight excluding hydrogens is 236 g/mol. The maximum Gasteiger partial charge on any atom is 0.175 e. The summed E-state index contributed by atoms with van der Waals surface area (Å²) in [5.41, 5.74) is 7.85. The molecule has 2 aromatic rings. The summed E-state index contributed by atoms with van der Waals surface area (Å²) in [6.45, 7) is 1.89. The lowest BCUT2D eigenvalue weighted by Gasteiger charge is -2.04. The van der Waals surface area contributed by atoms with Crippen molar-refractivity contribution in [2.24, 2.45) is 12.8 Å². The number of hydrogen-bond acceptors (Lipinski definition) is 3. The van der Waals surface area contributed by atoms with E-state index >= 15 is 0 Å². The van der Waals surface area contributed by atoms with Gasteiger partial charge in [0.25, 0.3) is 0 Å². The van der Waals surface area contributed by atoms with Gasteiger partial charge in [0, 0.05) is 36.4 Å². The number of nitrogens with two attached hydrogens (primary N) is 1. The molecule has 0 aliphatic carbocycles. The predicted molar refractivity (Wildman–Crippen MR) is 68.6 cm³/mol. The molecule has 0 saturated carbocycles. The number of benzene rings is 1. The Hall–Kier alpha value is -1.33. The maximum atomic E-state index is 11.5. The number of rotatable bonds is 2. The Morgan fingerprint density at radius 1 is 1.35 bits per heavy atom. The fourth-order valence-electron chi connectivity index (χ4n) is 2.00. The van der Waals surface area contributed by atoms with Gasteiger partial charge in [-0.15, -0.1) is 0 Å². The van der Waals surface area contributed by atoms with Crippen molar-refractivity contribution in [1.29, 1.82) is 0 Å². The molecular formula is C12H16N2O2S. The Morgan fingerprint density at radius 2 is 2.00 bits per heavy atom. The fraction of sp³-hybridized carbons (Fsp3) is 0.333. The lowest BCUT2D eigenvalue weighted by atomic mass is 10.1. The van der Waals surface area contributed by atoms with Crippen LogP contribution in [0.2, 0.25) is 0 Å². The molecule has 0 fully saturated rings. The van der Waals surface area contributed by atoms with Crippen molar-refractivity contribution in [2.75, 3.05) is 6.26 Å². The van der Waals surface area contributed by atoms with Crippen LogP contribution in [0.25, 0.3) is 10.9 Å². The largest absolute Gasteiger partial charge is 0.350 e. The van der Waals surface area contributed by atoms with Crippen LogP contribution in [0, 0.1) is 0 Å². The molecule has 2 N–H and O–H groups in total. The zero-order valence-corrected chi connectivity index (χ0v) is 11.0. The molecule has 17 heavy (non-hydrogen) atoms. The number of aryl methyl sites for hydroxylation is 1. The number of sulfone groups is 1. The molecule has 0 saturated heterocycles. The van der Waals surface area contributed by atoms with Crippen LogP contribution in [0.15, 0.2) is 29.3 Å². The first kappa shape index (κ1) is 12.1. The average Bonchev–Trinajstić information content (AvgIpc) is 2.54. The van der Waals surface area contributed by atoms with Crippen molar-refractivity contribution < 1.29 is 8.42 Å². The molecule has 1 heterocycles. The van der Waals surface area contributed by atoms with E-state index in [2.05, 4.69) is 0 Å². The summed E-state index contributed by atoms with van der Waals surface area (Å²) < 4.78 is 25.0. The molecule has 1 atom stereocenters. The molecule has 0 amide bonds. The summed E-state index contributed by atoms with van der Waals surface area (Å²) in [5.74, 6) is 0. The van der Waals surface area contributed by atoms with Gasteiger partial charge in [-0.05, 0) is 30.7 Å². The summed E-state index contributed by atoms with van der Waals surface area (Å²) in [4.78, 5) is 0.332. The second-order valence-corrected chi connectivity index (χ2v) is 6.45. The monoisotopic (exact) mass is 252 g/mol. The summed E-state index contributed by atoms with van der Waals surface area (Å²) >= 11 is 0. The summed E-state index contributed by atoms with van der Waals surface area (Å²) in [7, 11) is -1.25. The van der Waals surface area contributed by atoms with Crippen molar-refractivity contribution in [3.63, 3.8) is 0 Å². The first-order valence-corrected chi connectivity index (χ1v) is 7.24. The summed E-state index contributed by atoms with van der Waals surface area (Å²) in [6.07, 6.45) is 3.16. The number of aromatic nitrogens is 1. The van der Waals surface area contributed by atoms with E-state index in [1.165, 1.54) is 6.26 Å². The van der Waals surface area contributed by atoms with Crippen LogP contribution >= 0.6 is 0 Å². The molecule has 0 spiro atoms. The van der Waals surface area contributed by atoms with Gasteiger partial charge in [-0.3, -0.25) is 0 Å². The molecule has 0 bridgehead atoms. The fourth-order valence-corrected chi connectivity index (χ4v) is 2.64. The lowest BCUT2D eigenvalue weighted by molar-refractivity contribution is 0.602. The van der Waals surface area contributed by atoms with Crippen molar-refractivity contribution in [1.82, 2.24) is 4.57 Å². The van der Waals surface area contributed by atoms with Gasteiger partial charge in [-0.1, -0.05) is 0 Å². The Balaban J connectivity index is 2.80. The van der Waals surface area contributed by atoms with Crippen LogP contribution in [0.3, 0.4) is 0 Å². The van der Waals surface area contributed by atoms with Gasteiger partial charge >= 0.3 is 0 Å². The van der Waals surface area contributed by atoms with E-state index in [0.29, 0.717) is 4.90 Å². The Labute approximate surface area is 101 Å². The van der Waals surface area contributed by atoms with Gasteiger partial charge in [0.15, 0.2) is 9.84 Å². The first-order chi connectivity index (χ1) is 7.80. The topological polar surface area (TPSA) is 65.1 Å². The quantitative estimate of drug-likeness (QED) is 0.883. The molecule has 92 valence electrons. The second-order valence-electron chi connectivity index (χ2n) is 4.44. The zero-order valence-electron chi connectivity index (χ0n) is 10.1. The van der Waals surface area contributed by atoms with E-state index in [1.54, 1.807) is 12.1 Å². The number of fused-ring (bicyclic) bond motifs is 1. The molecule has 4 nitrogen and oxygen atoms in total. The molecule has 5 heteroatoms. The first-order valence-electron chi connectivity index (χ1n) is 5.35. The van der Waals surface area contributed by atoms with Gasteiger partial charge in [0.1, 0.15) is 0 Å². The van der Waals surface area contributed by atoms with Gasteiger partial charge in [0.05, 0.1) is 4.90 Å².